The average molecular weight is 274 g/mol. The lowest BCUT2D eigenvalue weighted by molar-refractivity contribution is -0.384. The topological polar surface area (TPSA) is 125 Å². The predicted octanol–water partition coefficient (Wildman–Crippen LogP) is 1.08. The smallest absolute Gasteiger partial charge is 0.269 e. The Bertz CT molecular complexity index is 613. The van der Waals surface area contributed by atoms with Gasteiger partial charge in [0, 0.05) is 30.9 Å². The molecule has 1 aromatic rings. The lowest BCUT2D eigenvalue weighted by Crippen LogP contribution is -2.29. The van der Waals surface area contributed by atoms with Crippen LogP contribution in [0.2, 0.25) is 0 Å². The first-order valence-electron chi connectivity index (χ1n) is 5.37. The number of nitriles is 1. The number of carbonyl (C=O) groups excluding carboxylic acids is 2. The molecule has 20 heavy (non-hydrogen) atoms. The zero-order valence-corrected chi connectivity index (χ0v) is 10.4. The molecule has 0 bridgehead atoms. The number of nitro groups is 1. The molecule has 1 rings (SSSR count). The maximum atomic E-state index is 11.4. The van der Waals surface area contributed by atoms with Crippen molar-refractivity contribution in [2.45, 2.75) is 6.92 Å². The summed E-state index contributed by atoms with van der Waals surface area (Å²) in [6.45, 7) is 1.15. The van der Waals surface area contributed by atoms with Gasteiger partial charge in [0.05, 0.1) is 4.92 Å². The van der Waals surface area contributed by atoms with Crippen LogP contribution in [0, 0.1) is 21.4 Å². The SMILES string of the molecule is CC(=O)NC(=O)/C(C#N)=C/Nc1ccc([N+](=O)[O-])cc1. The van der Waals surface area contributed by atoms with E-state index in [0.29, 0.717) is 5.69 Å². The van der Waals surface area contributed by atoms with Crippen LogP contribution in [0.4, 0.5) is 11.4 Å². The largest absolute Gasteiger partial charge is 0.360 e. The maximum absolute atomic E-state index is 11.4. The first-order chi connectivity index (χ1) is 9.43. The Kier molecular flexibility index (Phi) is 4.94. The summed E-state index contributed by atoms with van der Waals surface area (Å²) in [7, 11) is 0. The van der Waals surface area contributed by atoms with Gasteiger partial charge in [-0.1, -0.05) is 0 Å². The van der Waals surface area contributed by atoms with E-state index in [9.17, 15) is 19.7 Å². The molecule has 8 heteroatoms. The Hall–Kier alpha value is -3.21. The van der Waals surface area contributed by atoms with Crippen LogP contribution in [0.5, 0.6) is 0 Å². The standard InChI is InChI=1S/C12H10N4O4/c1-8(17)15-12(18)9(6-13)7-14-10-2-4-11(5-3-10)16(19)20/h2-5,7,14H,1H3,(H,15,17,18)/b9-7+. The Morgan fingerprint density at radius 2 is 1.95 bits per heavy atom. The zero-order chi connectivity index (χ0) is 15.1. The number of anilines is 1. The summed E-state index contributed by atoms with van der Waals surface area (Å²) in [4.78, 5) is 32.0. The highest BCUT2D eigenvalue weighted by molar-refractivity contribution is 6.06. The molecule has 0 heterocycles. The lowest BCUT2D eigenvalue weighted by Gasteiger charge is -2.02. The zero-order valence-electron chi connectivity index (χ0n) is 10.4. The normalized spacial score (nSPS) is 10.3. The fourth-order valence-electron chi connectivity index (χ4n) is 1.21. The number of hydrogen-bond donors (Lipinski definition) is 2. The highest BCUT2D eigenvalue weighted by Crippen LogP contribution is 2.15. The maximum Gasteiger partial charge on any atom is 0.269 e. The number of imide groups is 1. The van der Waals surface area contributed by atoms with E-state index in [2.05, 4.69) is 5.32 Å². The Morgan fingerprint density at radius 1 is 1.35 bits per heavy atom. The number of nitrogens with zero attached hydrogens (tertiary/aromatic N) is 2. The summed E-state index contributed by atoms with van der Waals surface area (Å²) < 4.78 is 0. The molecular formula is C12H10N4O4. The fourth-order valence-corrected chi connectivity index (χ4v) is 1.21. The summed E-state index contributed by atoms with van der Waals surface area (Å²) in [5.74, 6) is -1.40. The summed E-state index contributed by atoms with van der Waals surface area (Å²) in [6.07, 6.45) is 1.11. The van der Waals surface area contributed by atoms with Gasteiger partial charge in [-0.25, -0.2) is 0 Å². The van der Waals surface area contributed by atoms with E-state index >= 15 is 0 Å². The van der Waals surface area contributed by atoms with Gasteiger partial charge in [0.25, 0.3) is 11.6 Å². The Labute approximate surface area is 113 Å². The van der Waals surface area contributed by atoms with Gasteiger partial charge in [0.2, 0.25) is 5.91 Å². The van der Waals surface area contributed by atoms with Crippen molar-refractivity contribution < 1.29 is 14.5 Å². The Morgan fingerprint density at radius 3 is 2.40 bits per heavy atom. The van der Waals surface area contributed by atoms with Crippen LogP contribution < -0.4 is 10.6 Å². The number of rotatable bonds is 4. The molecule has 2 amide bonds. The van der Waals surface area contributed by atoms with Crippen molar-refractivity contribution in [1.82, 2.24) is 5.32 Å². The molecule has 0 aliphatic heterocycles. The molecule has 0 fully saturated rings. The summed E-state index contributed by atoms with van der Waals surface area (Å²) in [5.41, 5.74) is 0.0897. The number of nitrogens with one attached hydrogen (secondary N) is 2. The second-order valence-electron chi connectivity index (χ2n) is 3.63. The predicted molar refractivity (Wildman–Crippen MR) is 69.2 cm³/mol. The molecule has 0 spiro atoms. The summed E-state index contributed by atoms with van der Waals surface area (Å²) >= 11 is 0. The monoisotopic (exact) mass is 274 g/mol. The molecule has 0 saturated carbocycles. The summed E-state index contributed by atoms with van der Waals surface area (Å²) in [5, 5.41) is 23.8. The first-order valence-corrected chi connectivity index (χ1v) is 5.37. The van der Waals surface area contributed by atoms with Gasteiger partial charge in [-0.15, -0.1) is 0 Å². The van der Waals surface area contributed by atoms with E-state index in [1.807, 2.05) is 5.32 Å². The van der Waals surface area contributed by atoms with E-state index in [-0.39, 0.29) is 11.3 Å². The van der Waals surface area contributed by atoms with Gasteiger partial charge in [-0.3, -0.25) is 25.0 Å². The number of non-ortho nitro benzene ring substituents is 1. The molecule has 0 radical (unpaired) electrons. The van der Waals surface area contributed by atoms with Crippen molar-refractivity contribution in [3.8, 4) is 6.07 Å². The van der Waals surface area contributed by atoms with Gasteiger partial charge in [0.1, 0.15) is 11.6 Å². The van der Waals surface area contributed by atoms with E-state index in [1.165, 1.54) is 24.3 Å². The Balaban J connectivity index is 2.79. The van der Waals surface area contributed by atoms with Crippen molar-refractivity contribution in [2.75, 3.05) is 5.32 Å². The van der Waals surface area contributed by atoms with E-state index in [0.717, 1.165) is 13.1 Å². The van der Waals surface area contributed by atoms with Gasteiger partial charge < -0.3 is 5.32 Å². The number of amides is 2. The van der Waals surface area contributed by atoms with Gasteiger partial charge in [0.15, 0.2) is 0 Å². The van der Waals surface area contributed by atoms with E-state index < -0.39 is 16.7 Å². The molecule has 0 aliphatic carbocycles. The number of nitro benzene ring substituents is 1. The van der Waals surface area contributed by atoms with Gasteiger partial charge in [-0.05, 0) is 12.1 Å². The number of carbonyl (C=O) groups is 2. The van der Waals surface area contributed by atoms with Gasteiger partial charge in [-0.2, -0.15) is 5.26 Å². The lowest BCUT2D eigenvalue weighted by atomic mass is 10.2. The van der Waals surface area contributed by atoms with Crippen molar-refractivity contribution in [2.24, 2.45) is 0 Å². The highest BCUT2D eigenvalue weighted by atomic mass is 16.6. The molecule has 0 saturated heterocycles. The first kappa shape index (κ1) is 14.8. The highest BCUT2D eigenvalue weighted by Gasteiger charge is 2.10. The van der Waals surface area contributed by atoms with E-state index in [4.69, 9.17) is 5.26 Å². The van der Waals surface area contributed by atoms with Gasteiger partial charge >= 0.3 is 0 Å². The van der Waals surface area contributed by atoms with Crippen LogP contribution in [-0.4, -0.2) is 16.7 Å². The van der Waals surface area contributed by atoms with Crippen LogP contribution in [0.25, 0.3) is 0 Å². The molecule has 0 atom stereocenters. The fraction of sp³-hybridized carbons (Fsp3) is 0.0833. The summed E-state index contributed by atoms with van der Waals surface area (Å²) in [6, 6.07) is 7.03. The van der Waals surface area contributed by atoms with Crippen molar-refractivity contribution in [3.05, 3.63) is 46.2 Å². The minimum Gasteiger partial charge on any atom is -0.360 e. The van der Waals surface area contributed by atoms with E-state index in [1.54, 1.807) is 6.07 Å². The number of hydrogen-bond acceptors (Lipinski definition) is 6. The van der Waals surface area contributed by atoms with Crippen molar-refractivity contribution in [1.29, 1.82) is 5.26 Å². The third kappa shape index (κ3) is 4.23. The number of benzene rings is 1. The minimum absolute atomic E-state index is 0.0747. The minimum atomic E-state index is -0.825. The molecule has 2 N–H and O–H groups in total. The second-order valence-corrected chi connectivity index (χ2v) is 3.63. The quantitative estimate of drug-likeness (QED) is 0.366. The molecule has 1 aromatic carbocycles. The van der Waals surface area contributed by atoms with Crippen LogP contribution in [0.15, 0.2) is 36.0 Å². The molecular weight excluding hydrogens is 264 g/mol. The molecule has 8 nitrogen and oxygen atoms in total. The third-order valence-corrected chi connectivity index (χ3v) is 2.12. The molecule has 0 aliphatic rings. The van der Waals surface area contributed by atoms with Crippen molar-refractivity contribution in [3.63, 3.8) is 0 Å². The molecule has 102 valence electrons. The van der Waals surface area contributed by atoms with Crippen molar-refractivity contribution >= 4 is 23.2 Å². The van der Waals surface area contributed by atoms with Crippen LogP contribution in [0.1, 0.15) is 6.92 Å². The molecule has 0 unspecified atom stereocenters. The molecule has 0 aromatic heterocycles. The third-order valence-electron chi connectivity index (χ3n) is 2.12. The second kappa shape index (κ2) is 6.65. The van der Waals surface area contributed by atoms with Crippen LogP contribution in [0.3, 0.4) is 0 Å². The van der Waals surface area contributed by atoms with Crippen LogP contribution >= 0.6 is 0 Å². The average Bonchev–Trinajstić information content (AvgIpc) is 2.39. The van der Waals surface area contributed by atoms with Crippen LogP contribution in [-0.2, 0) is 9.59 Å².